The summed E-state index contributed by atoms with van der Waals surface area (Å²) in [5.74, 6) is 0.209. The fraction of sp³-hybridized carbons (Fsp3) is 0.370. The van der Waals surface area contributed by atoms with E-state index in [-0.39, 0.29) is 24.3 Å². The summed E-state index contributed by atoms with van der Waals surface area (Å²) < 4.78 is 25.9. The number of amides is 3. The fourth-order valence-electron chi connectivity index (χ4n) is 4.11. The Kier molecular flexibility index (Phi) is 9.28. The molecular weight excluding hydrogens is 491 g/mol. The molecule has 0 radical (unpaired) electrons. The predicted molar refractivity (Wildman–Crippen MR) is 142 cm³/mol. The van der Waals surface area contributed by atoms with E-state index < -0.39 is 5.91 Å². The summed E-state index contributed by atoms with van der Waals surface area (Å²) >= 11 is 0. The molecule has 1 aromatic heterocycles. The highest BCUT2D eigenvalue weighted by Gasteiger charge is 2.21. The van der Waals surface area contributed by atoms with Crippen molar-refractivity contribution in [3.05, 3.63) is 60.5 Å². The number of aromatic nitrogens is 2. The van der Waals surface area contributed by atoms with Crippen LogP contribution in [0.4, 0.5) is 15.1 Å². The minimum atomic E-state index is -0.395. The Hall–Kier alpha value is -3.96. The predicted octanol–water partition coefficient (Wildman–Crippen LogP) is 2.99. The number of methoxy groups -OCH3 is 1. The van der Waals surface area contributed by atoms with Crippen LogP contribution in [0.2, 0.25) is 0 Å². The van der Waals surface area contributed by atoms with E-state index in [2.05, 4.69) is 20.5 Å². The first kappa shape index (κ1) is 27.1. The molecule has 2 N–H and O–H groups in total. The summed E-state index contributed by atoms with van der Waals surface area (Å²) in [6.07, 6.45) is 1.77. The molecule has 202 valence electrons. The zero-order valence-corrected chi connectivity index (χ0v) is 21.7. The van der Waals surface area contributed by atoms with Crippen LogP contribution < -0.4 is 15.4 Å². The first-order valence-electron chi connectivity index (χ1n) is 12.6. The number of carbonyl (C=O) groups is 2. The van der Waals surface area contributed by atoms with Gasteiger partial charge >= 0.3 is 6.03 Å². The lowest BCUT2D eigenvalue weighted by atomic mass is 10.1. The van der Waals surface area contributed by atoms with Gasteiger partial charge in [0, 0.05) is 50.2 Å². The Morgan fingerprint density at radius 1 is 1.11 bits per heavy atom. The highest BCUT2D eigenvalue weighted by atomic mass is 19.1. The average Bonchev–Trinajstić information content (AvgIpc) is 3.35. The van der Waals surface area contributed by atoms with E-state index in [4.69, 9.17) is 9.47 Å². The second-order valence-corrected chi connectivity index (χ2v) is 8.78. The fourth-order valence-corrected chi connectivity index (χ4v) is 4.11. The van der Waals surface area contributed by atoms with Crippen LogP contribution in [0.5, 0.6) is 5.75 Å². The van der Waals surface area contributed by atoms with E-state index >= 15 is 0 Å². The van der Waals surface area contributed by atoms with Gasteiger partial charge in [-0.3, -0.25) is 19.6 Å². The molecule has 0 bridgehead atoms. The monoisotopic (exact) mass is 524 g/mol. The number of morpholine rings is 1. The molecule has 2 heterocycles. The molecule has 11 heteroatoms. The molecule has 1 aliphatic heterocycles. The van der Waals surface area contributed by atoms with Crippen molar-refractivity contribution in [2.45, 2.75) is 6.92 Å². The minimum Gasteiger partial charge on any atom is -0.497 e. The Labute approximate surface area is 221 Å². The normalized spacial score (nSPS) is 13.7. The molecule has 10 nitrogen and oxygen atoms in total. The second kappa shape index (κ2) is 13.0. The highest BCUT2D eigenvalue weighted by molar-refractivity contribution is 5.93. The van der Waals surface area contributed by atoms with Gasteiger partial charge in [-0.1, -0.05) is 0 Å². The molecule has 0 atom stereocenters. The number of carbonyl (C=O) groups excluding carboxylic acids is 2. The van der Waals surface area contributed by atoms with Crippen molar-refractivity contribution in [2.75, 3.05) is 64.9 Å². The van der Waals surface area contributed by atoms with Crippen molar-refractivity contribution in [1.82, 2.24) is 24.7 Å². The molecule has 0 saturated carbocycles. The van der Waals surface area contributed by atoms with Crippen molar-refractivity contribution in [1.29, 1.82) is 0 Å². The van der Waals surface area contributed by atoms with Gasteiger partial charge in [0.25, 0.3) is 0 Å². The summed E-state index contributed by atoms with van der Waals surface area (Å²) in [5.41, 5.74) is 2.05. The summed E-state index contributed by atoms with van der Waals surface area (Å²) in [6, 6.07) is 13.0. The van der Waals surface area contributed by atoms with Crippen LogP contribution in [0, 0.1) is 5.82 Å². The zero-order chi connectivity index (χ0) is 26.9. The molecular formula is C27H33FN6O4. The van der Waals surface area contributed by atoms with Crippen LogP contribution in [0.3, 0.4) is 0 Å². The van der Waals surface area contributed by atoms with Crippen molar-refractivity contribution in [2.24, 2.45) is 0 Å². The average molecular weight is 525 g/mol. The molecule has 38 heavy (non-hydrogen) atoms. The standard InChI is InChI=1S/C27H33FN6O4/c1-3-29-27(36)33(13-12-32-14-16-38-17-15-32)19-25(35)31-26-30-24(20-4-10-23(37-2)11-5-20)18-34(26)22-8-6-21(28)7-9-22/h4-11,18H,3,12-17,19H2,1-2H3,(H,29,36)(H,30,31,35). The minimum absolute atomic E-state index is 0.148. The third kappa shape index (κ3) is 7.08. The number of imidazole rings is 1. The number of halogens is 1. The Bertz CT molecular complexity index is 1210. The van der Waals surface area contributed by atoms with Crippen molar-refractivity contribution < 1.29 is 23.5 Å². The molecule has 1 saturated heterocycles. The molecule has 2 aromatic carbocycles. The van der Waals surface area contributed by atoms with Crippen LogP contribution in [0.15, 0.2) is 54.7 Å². The number of benzene rings is 2. The lowest BCUT2D eigenvalue weighted by Crippen LogP contribution is -2.48. The topological polar surface area (TPSA) is 101 Å². The summed E-state index contributed by atoms with van der Waals surface area (Å²) in [7, 11) is 1.59. The van der Waals surface area contributed by atoms with Gasteiger partial charge in [0.2, 0.25) is 11.9 Å². The van der Waals surface area contributed by atoms with E-state index in [1.54, 1.807) is 30.0 Å². The van der Waals surface area contributed by atoms with E-state index in [1.165, 1.54) is 17.0 Å². The molecule has 3 amide bonds. The molecule has 0 spiro atoms. The number of hydrogen-bond acceptors (Lipinski definition) is 6. The molecule has 0 unspecified atom stereocenters. The van der Waals surface area contributed by atoms with Crippen LogP contribution in [0.25, 0.3) is 16.9 Å². The summed E-state index contributed by atoms with van der Waals surface area (Å²) in [5, 5.41) is 5.62. The van der Waals surface area contributed by atoms with Crippen molar-refractivity contribution in [3.63, 3.8) is 0 Å². The number of ether oxygens (including phenoxy) is 2. The number of nitrogens with one attached hydrogen (secondary N) is 2. The maximum Gasteiger partial charge on any atom is 0.317 e. The van der Waals surface area contributed by atoms with E-state index in [1.807, 2.05) is 31.2 Å². The third-order valence-corrected chi connectivity index (χ3v) is 6.19. The van der Waals surface area contributed by atoms with E-state index in [9.17, 15) is 14.0 Å². The Balaban J connectivity index is 1.53. The first-order valence-corrected chi connectivity index (χ1v) is 12.6. The lowest BCUT2D eigenvalue weighted by molar-refractivity contribution is -0.116. The number of nitrogens with zero attached hydrogens (tertiary/aromatic N) is 4. The van der Waals surface area contributed by atoms with Crippen molar-refractivity contribution >= 4 is 17.9 Å². The number of hydrogen-bond donors (Lipinski definition) is 2. The first-order chi connectivity index (χ1) is 18.5. The van der Waals surface area contributed by atoms with Gasteiger partial charge in [-0.2, -0.15) is 0 Å². The largest absolute Gasteiger partial charge is 0.497 e. The van der Waals surface area contributed by atoms with Gasteiger partial charge in [-0.05, 0) is 55.5 Å². The Morgan fingerprint density at radius 2 is 1.82 bits per heavy atom. The SMILES string of the molecule is CCNC(=O)N(CCN1CCOCC1)CC(=O)Nc1nc(-c2ccc(OC)cc2)cn1-c1ccc(F)cc1. The maximum atomic E-state index is 13.6. The number of rotatable bonds is 10. The third-order valence-electron chi connectivity index (χ3n) is 6.19. The van der Waals surface area contributed by atoms with E-state index in [0.717, 1.165) is 18.7 Å². The number of anilines is 1. The van der Waals surface area contributed by atoms with Gasteiger partial charge in [-0.15, -0.1) is 0 Å². The number of urea groups is 1. The molecule has 4 rings (SSSR count). The van der Waals surface area contributed by atoms with Gasteiger partial charge < -0.3 is 19.7 Å². The van der Waals surface area contributed by atoms with Crippen LogP contribution in [-0.4, -0.2) is 90.9 Å². The van der Waals surface area contributed by atoms with Gasteiger partial charge in [0.05, 0.1) is 26.0 Å². The quantitative estimate of drug-likeness (QED) is 0.423. The van der Waals surface area contributed by atoms with Crippen molar-refractivity contribution in [3.8, 4) is 22.7 Å². The zero-order valence-electron chi connectivity index (χ0n) is 21.7. The molecule has 1 aliphatic rings. The summed E-state index contributed by atoms with van der Waals surface area (Å²) in [6.45, 7) is 6.06. The second-order valence-electron chi connectivity index (χ2n) is 8.78. The van der Waals surface area contributed by atoms with Crippen LogP contribution >= 0.6 is 0 Å². The van der Waals surface area contributed by atoms with Gasteiger partial charge in [-0.25, -0.2) is 14.2 Å². The van der Waals surface area contributed by atoms with Gasteiger partial charge in [0.1, 0.15) is 18.1 Å². The summed E-state index contributed by atoms with van der Waals surface area (Å²) in [4.78, 5) is 34.2. The molecule has 3 aromatic rings. The smallest absolute Gasteiger partial charge is 0.317 e. The lowest BCUT2D eigenvalue weighted by Gasteiger charge is -2.29. The Morgan fingerprint density at radius 3 is 2.47 bits per heavy atom. The maximum absolute atomic E-state index is 13.6. The molecule has 0 aliphatic carbocycles. The van der Waals surface area contributed by atoms with Gasteiger partial charge in [0.15, 0.2) is 0 Å². The highest BCUT2D eigenvalue weighted by Crippen LogP contribution is 2.26. The van der Waals surface area contributed by atoms with Crippen LogP contribution in [-0.2, 0) is 9.53 Å². The molecule has 1 fully saturated rings. The van der Waals surface area contributed by atoms with Crippen LogP contribution in [0.1, 0.15) is 6.92 Å². The van der Waals surface area contributed by atoms with E-state index in [0.29, 0.717) is 50.0 Å².